The molecule has 0 heterocycles. The molecule has 0 aliphatic heterocycles. The van der Waals surface area contributed by atoms with Crippen LogP contribution in [0.3, 0.4) is 0 Å². The van der Waals surface area contributed by atoms with Gasteiger partial charge in [0.15, 0.2) is 0 Å². The maximum atomic E-state index is 6.24. The van der Waals surface area contributed by atoms with Crippen molar-refractivity contribution in [2.24, 2.45) is 5.92 Å². The molecule has 1 aliphatic carbocycles. The number of nitrogens with one attached hydrogen (secondary N) is 1. The van der Waals surface area contributed by atoms with Crippen molar-refractivity contribution in [2.45, 2.75) is 65.1 Å². The van der Waals surface area contributed by atoms with E-state index < -0.39 is 0 Å². The van der Waals surface area contributed by atoms with Gasteiger partial charge in [0.05, 0.1) is 11.7 Å². The molecule has 0 radical (unpaired) electrons. The van der Waals surface area contributed by atoms with E-state index in [0.29, 0.717) is 12.0 Å². The summed E-state index contributed by atoms with van der Waals surface area (Å²) in [4.78, 5) is 0. The molecule has 0 aromatic rings. The van der Waals surface area contributed by atoms with Gasteiger partial charge in [-0.05, 0) is 51.6 Å². The third kappa shape index (κ3) is 3.76. The summed E-state index contributed by atoms with van der Waals surface area (Å²) in [5, 5.41) is 3.39. The Labute approximate surface area is 94.8 Å². The highest BCUT2D eigenvalue weighted by molar-refractivity contribution is 4.91. The number of ether oxygens (including phenoxy) is 1. The van der Waals surface area contributed by atoms with E-state index in [1.807, 2.05) is 0 Å². The van der Waals surface area contributed by atoms with Crippen LogP contribution in [-0.2, 0) is 4.74 Å². The van der Waals surface area contributed by atoms with Gasteiger partial charge in [0.2, 0.25) is 0 Å². The molecule has 1 unspecified atom stereocenters. The molecular formula is C13H27NO. The molecule has 90 valence electrons. The molecule has 1 rings (SSSR count). The number of hydrogen-bond donors (Lipinski definition) is 1. The maximum Gasteiger partial charge on any atom is 0.0698 e. The van der Waals surface area contributed by atoms with Crippen LogP contribution < -0.4 is 5.32 Å². The Bertz CT molecular complexity index is 175. The van der Waals surface area contributed by atoms with E-state index in [2.05, 4.69) is 33.0 Å². The van der Waals surface area contributed by atoms with E-state index in [4.69, 9.17) is 4.74 Å². The molecule has 1 aliphatic rings. The van der Waals surface area contributed by atoms with Crippen LogP contribution in [-0.4, -0.2) is 24.8 Å². The summed E-state index contributed by atoms with van der Waals surface area (Å²) in [6.45, 7) is 11.0. The Balaban J connectivity index is 2.32. The first-order valence-corrected chi connectivity index (χ1v) is 6.48. The Kier molecular flexibility index (Phi) is 5.07. The second kappa shape index (κ2) is 5.86. The lowest BCUT2D eigenvalue weighted by atomic mass is 9.77. The quantitative estimate of drug-likeness (QED) is 0.656. The summed E-state index contributed by atoms with van der Waals surface area (Å²) in [6, 6.07) is 0. The first kappa shape index (κ1) is 13.0. The minimum atomic E-state index is 0.214. The van der Waals surface area contributed by atoms with Crippen molar-refractivity contribution in [2.75, 3.05) is 13.1 Å². The van der Waals surface area contributed by atoms with E-state index in [9.17, 15) is 0 Å². The zero-order valence-corrected chi connectivity index (χ0v) is 10.8. The molecule has 1 atom stereocenters. The van der Waals surface area contributed by atoms with Crippen LogP contribution in [0, 0.1) is 5.92 Å². The Morgan fingerprint density at radius 2 is 1.93 bits per heavy atom. The monoisotopic (exact) mass is 213 g/mol. The molecular weight excluding hydrogens is 186 g/mol. The molecule has 15 heavy (non-hydrogen) atoms. The van der Waals surface area contributed by atoms with Gasteiger partial charge < -0.3 is 10.1 Å². The van der Waals surface area contributed by atoms with Crippen molar-refractivity contribution in [3.8, 4) is 0 Å². The van der Waals surface area contributed by atoms with Gasteiger partial charge in [-0.3, -0.25) is 0 Å². The summed E-state index contributed by atoms with van der Waals surface area (Å²) < 4.78 is 6.24. The lowest BCUT2D eigenvalue weighted by Gasteiger charge is -2.44. The second-order valence-electron chi connectivity index (χ2n) is 5.21. The van der Waals surface area contributed by atoms with Crippen molar-refractivity contribution in [3.63, 3.8) is 0 Å². The predicted octanol–water partition coefficient (Wildman–Crippen LogP) is 2.97. The van der Waals surface area contributed by atoms with Crippen LogP contribution in [0.25, 0.3) is 0 Å². The van der Waals surface area contributed by atoms with Gasteiger partial charge in [-0.2, -0.15) is 0 Å². The normalized spacial score (nSPS) is 21.4. The Morgan fingerprint density at radius 1 is 1.27 bits per heavy atom. The average Bonchev–Trinajstić information content (AvgIpc) is 2.13. The zero-order chi connectivity index (χ0) is 11.3. The summed E-state index contributed by atoms with van der Waals surface area (Å²) in [6.07, 6.45) is 5.44. The van der Waals surface area contributed by atoms with E-state index in [-0.39, 0.29) is 5.60 Å². The van der Waals surface area contributed by atoms with Crippen LogP contribution in [0.2, 0.25) is 0 Å². The molecule has 1 fully saturated rings. The standard InChI is InChI=1S/C13H27NO/c1-5-14-10-9-13(7-6-8-13)15-12(4)11(2)3/h11-12,14H,5-10H2,1-4H3. The minimum Gasteiger partial charge on any atom is -0.372 e. The first-order chi connectivity index (χ1) is 7.09. The van der Waals surface area contributed by atoms with Crippen molar-refractivity contribution in [1.82, 2.24) is 5.32 Å². The van der Waals surface area contributed by atoms with Gasteiger partial charge >= 0.3 is 0 Å². The lowest BCUT2D eigenvalue weighted by molar-refractivity contribution is -0.149. The second-order valence-corrected chi connectivity index (χ2v) is 5.21. The van der Waals surface area contributed by atoms with Crippen molar-refractivity contribution in [1.29, 1.82) is 0 Å². The molecule has 0 bridgehead atoms. The minimum absolute atomic E-state index is 0.214. The van der Waals surface area contributed by atoms with Crippen LogP contribution >= 0.6 is 0 Å². The van der Waals surface area contributed by atoms with Crippen LogP contribution in [0.5, 0.6) is 0 Å². The fourth-order valence-corrected chi connectivity index (χ4v) is 2.02. The number of rotatable bonds is 7. The van der Waals surface area contributed by atoms with Crippen molar-refractivity contribution < 1.29 is 4.74 Å². The van der Waals surface area contributed by atoms with Gasteiger partial charge in [0.25, 0.3) is 0 Å². The van der Waals surface area contributed by atoms with Gasteiger partial charge in [-0.15, -0.1) is 0 Å². The topological polar surface area (TPSA) is 21.3 Å². The van der Waals surface area contributed by atoms with Gasteiger partial charge in [-0.1, -0.05) is 20.8 Å². The van der Waals surface area contributed by atoms with Crippen LogP contribution in [0.1, 0.15) is 53.4 Å². The summed E-state index contributed by atoms with van der Waals surface area (Å²) >= 11 is 0. The highest BCUT2D eigenvalue weighted by Gasteiger charge is 2.39. The maximum absolute atomic E-state index is 6.24. The fraction of sp³-hybridized carbons (Fsp3) is 1.00. The predicted molar refractivity (Wildman–Crippen MR) is 65.1 cm³/mol. The highest BCUT2D eigenvalue weighted by atomic mass is 16.5. The number of hydrogen-bond acceptors (Lipinski definition) is 2. The van der Waals surface area contributed by atoms with Crippen LogP contribution in [0.4, 0.5) is 0 Å². The first-order valence-electron chi connectivity index (χ1n) is 6.48. The third-order valence-corrected chi connectivity index (χ3v) is 3.65. The Hall–Kier alpha value is -0.0800. The van der Waals surface area contributed by atoms with Gasteiger partial charge in [-0.25, -0.2) is 0 Å². The molecule has 0 amide bonds. The average molecular weight is 213 g/mol. The SMILES string of the molecule is CCNCCC1(OC(C)C(C)C)CCC1. The summed E-state index contributed by atoms with van der Waals surface area (Å²) in [7, 11) is 0. The van der Waals surface area contributed by atoms with Gasteiger partial charge in [0, 0.05) is 0 Å². The molecule has 0 aromatic carbocycles. The van der Waals surface area contributed by atoms with E-state index in [1.165, 1.54) is 25.7 Å². The molecule has 0 saturated heterocycles. The lowest BCUT2D eigenvalue weighted by Crippen LogP contribution is -2.45. The van der Waals surface area contributed by atoms with Crippen molar-refractivity contribution >= 4 is 0 Å². The molecule has 2 heteroatoms. The summed E-state index contributed by atoms with van der Waals surface area (Å²) in [5.74, 6) is 0.626. The zero-order valence-electron chi connectivity index (χ0n) is 10.8. The van der Waals surface area contributed by atoms with E-state index >= 15 is 0 Å². The van der Waals surface area contributed by atoms with Crippen LogP contribution in [0.15, 0.2) is 0 Å². The molecule has 1 saturated carbocycles. The van der Waals surface area contributed by atoms with Crippen molar-refractivity contribution in [3.05, 3.63) is 0 Å². The molecule has 0 spiro atoms. The molecule has 1 N–H and O–H groups in total. The smallest absolute Gasteiger partial charge is 0.0698 e. The summed E-state index contributed by atoms with van der Waals surface area (Å²) in [5.41, 5.74) is 0.214. The third-order valence-electron chi connectivity index (χ3n) is 3.65. The van der Waals surface area contributed by atoms with E-state index in [1.54, 1.807) is 0 Å². The van der Waals surface area contributed by atoms with Gasteiger partial charge in [0.1, 0.15) is 0 Å². The highest BCUT2D eigenvalue weighted by Crippen LogP contribution is 2.40. The largest absolute Gasteiger partial charge is 0.372 e. The van der Waals surface area contributed by atoms with E-state index in [0.717, 1.165) is 13.1 Å². The molecule has 2 nitrogen and oxygen atoms in total. The molecule has 0 aromatic heterocycles. The Morgan fingerprint density at radius 3 is 2.33 bits per heavy atom. The fourth-order valence-electron chi connectivity index (χ4n) is 2.02.